The Hall–Kier alpha value is -3.68. The smallest absolute Gasteiger partial charge is 0.274 e. The summed E-state index contributed by atoms with van der Waals surface area (Å²) in [6, 6.07) is 15.8. The van der Waals surface area contributed by atoms with Crippen LogP contribution in [0.15, 0.2) is 60.9 Å². The first-order valence-electron chi connectivity index (χ1n) is 9.63. The van der Waals surface area contributed by atoms with Crippen molar-refractivity contribution in [3.8, 4) is 11.3 Å². The average molecular weight is 387 g/mol. The number of benzene rings is 1. The monoisotopic (exact) mass is 387 g/mol. The molecule has 8 heteroatoms. The maximum atomic E-state index is 13.0. The van der Waals surface area contributed by atoms with E-state index >= 15 is 0 Å². The minimum Gasteiger partial charge on any atom is -0.352 e. The number of aromatic nitrogens is 5. The molecule has 0 N–H and O–H groups in total. The van der Waals surface area contributed by atoms with Crippen molar-refractivity contribution in [3.05, 3.63) is 66.6 Å². The van der Waals surface area contributed by atoms with Crippen molar-refractivity contribution in [2.45, 2.75) is 0 Å². The van der Waals surface area contributed by atoms with Crippen LogP contribution in [-0.2, 0) is 7.05 Å². The minimum absolute atomic E-state index is 0.0274. The molecule has 1 fully saturated rings. The molecule has 146 valence electrons. The number of imidazole rings is 1. The van der Waals surface area contributed by atoms with Crippen LogP contribution in [0.3, 0.4) is 0 Å². The number of rotatable bonds is 3. The number of fused-ring (bicyclic) bond motifs is 1. The van der Waals surface area contributed by atoms with Gasteiger partial charge in [0.15, 0.2) is 11.3 Å². The molecule has 0 bridgehead atoms. The molecule has 1 aromatic carbocycles. The Bertz CT molecular complexity index is 1160. The van der Waals surface area contributed by atoms with Crippen molar-refractivity contribution in [2.75, 3.05) is 31.1 Å². The Morgan fingerprint density at radius 1 is 0.966 bits per heavy atom. The molecule has 0 spiro atoms. The van der Waals surface area contributed by atoms with E-state index in [0.717, 1.165) is 35.8 Å². The van der Waals surface area contributed by atoms with Gasteiger partial charge in [0.2, 0.25) is 0 Å². The highest BCUT2D eigenvalue weighted by Crippen LogP contribution is 2.21. The van der Waals surface area contributed by atoms with E-state index in [1.54, 1.807) is 15.4 Å². The number of carbonyl (C=O) groups is 1. The van der Waals surface area contributed by atoms with Gasteiger partial charge in [-0.25, -0.2) is 9.50 Å². The van der Waals surface area contributed by atoms with Gasteiger partial charge >= 0.3 is 0 Å². The SMILES string of the molecule is Cn1nc(C(=O)N2CCN(c3ccc4nccn4n3)CC2)cc1-c1ccccc1. The topological polar surface area (TPSA) is 71.6 Å². The molecular weight excluding hydrogens is 366 g/mol. The van der Waals surface area contributed by atoms with Crippen LogP contribution >= 0.6 is 0 Å². The zero-order valence-corrected chi connectivity index (χ0v) is 16.1. The lowest BCUT2D eigenvalue weighted by atomic mass is 10.1. The maximum Gasteiger partial charge on any atom is 0.274 e. The number of hydrogen-bond donors (Lipinski definition) is 0. The van der Waals surface area contributed by atoms with E-state index < -0.39 is 0 Å². The van der Waals surface area contributed by atoms with Crippen LogP contribution < -0.4 is 4.90 Å². The molecule has 0 unspecified atom stereocenters. The Morgan fingerprint density at radius 2 is 1.76 bits per heavy atom. The van der Waals surface area contributed by atoms with E-state index in [-0.39, 0.29) is 5.91 Å². The lowest BCUT2D eigenvalue weighted by molar-refractivity contribution is 0.0739. The zero-order chi connectivity index (χ0) is 19.8. The summed E-state index contributed by atoms with van der Waals surface area (Å²) in [6.45, 7) is 2.74. The molecule has 1 aliphatic heterocycles. The molecule has 29 heavy (non-hydrogen) atoms. The maximum absolute atomic E-state index is 13.0. The Kier molecular flexibility index (Phi) is 4.23. The van der Waals surface area contributed by atoms with Crippen molar-refractivity contribution < 1.29 is 4.79 Å². The predicted molar refractivity (Wildman–Crippen MR) is 110 cm³/mol. The van der Waals surface area contributed by atoms with Crippen LogP contribution in [0.1, 0.15) is 10.5 Å². The minimum atomic E-state index is -0.0274. The van der Waals surface area contributed by atoms with Gasteiger partial charge in [-0.3, -0.25) is 9.48 Å². The number of hydrogen-bond acceptors (Lipinski definition) is 5. The summed E-state index contributed by atoms with van der Waals surface area (Å²) in [4.78, 5) is 21.3. The summed E-state index contributed by atoms with van der Waals surface area (Å²) in [5.41, 5.74) is 3.29. The summed E-state index contributed by atoms with van der Waals surface area (Å²) < 4.78 is 3.54. The van der Waals surface area contributed by atoms with E-state index in [2.05, 4.69) is 20.1 Å². The second-order valence-corrected chi connectivity index (χ2v) is 7.11. The van der Waals surface area contributed by atoms with Gasteiger partial charge in [0.25, 0.3) is 5.91 Å². The Morgan fingerprint density at radius 3 is 2.55 bits per heavy atom. The number of nitrogens with zero attached hydrogens (tertiary/aromatic N) is 7. The molecule has 0 saturated carbocycles. The summed E-state index contributed by atoms with van der Waals surface area (Å²) in [7, 11) is 1.87. The van der Waals surface area contributed by atoms with Gasteiger partial charge in [0.1, 0.15) is 5.82 Å². The highest BCUT2D eigenvalue weighted by molar-refractivity contribution is 5.93. The van der Waals surface area contributed by atoms with Crippen LogP contribution in [0.5, 0.6) is 0 Å². The molecule has 1 saturated heterocycles. The van der Waals surface area contributed by atoms with Gasteiger partial charge < -0.3 is 9.80 Å². The quantitative estimate of drug-likeness (QED) is 0.538. The van der Waals surface area contributed by atoms with Crippen LogP contribution in [-0.4, -0.2) is 61.4 Å². The second-order valence-electron chi connectivity index (χ2n) is 7.11. The first-order valence-corrected chi connectivity index (χ1v) is 9.63. The van der Waals surface area contributed by atoms with Gasteiger partial charge in [-0.05, 0) is 23.8 Å². The second kappa shape index (κ2) is 7.05. The fourth-order valence-corrected chi connectivity index (χ4v) is 3.73. The van der Waals surface area contributed by atoms with Crippen molar-refractivity contribution in [3.63, 3.8) is 0 Å². The van der Waals surface area contributed by atoms with Crippen molar-refractivity contribution in [1.29, 1.82) is 0 Å². The number of amides is 1. The molecule has 8 nitrogen and oxygen atoms in total. The third-order valence-corrected chi connectivity index (χ3v) is 5.30. The number of piperazine rings is 1. The summed E-state index contributed by atoms with van der Waals surface area (Å²) in [5.74, 6) is 0.868. The van der Waals surface area contributed by atoms with Gasteiger partial charge in [-0.2, -0.15) is 5.10 Å². The molecule has 4 aromatic rings. The van der Waals surface area contributed by atoms with Gasteiger partial charge in [0, 0.05) is 45.6 Å². The summed E-state index contributed by atoms with van der Waals surface area (Å²) in [6.07, 6.45) is 3.57. The van der Waals surface area contributed by atoms with Crippen molar-refractivity contribution in [2.24, 2.45) is 7.05 Å². The predicted octanol–water partition coefficient (Wildman–Crippen LogP) is 2.09. The Labute approximate surface area is 168 Å². The van der Waals surface area contributed by atoms with Crippen LogP contribution in [0.2, 0.25) is 0 Å². The van der Waals surface area contributed by atoms with Crippen LogP contribution in [0.4, 0.5) is 5.82 Å². The number of carbonyl (C=O) groups excluding carboxylic acids is 1. The molecule has 0 atom stereocenters. The normalized spacial score (nSPS) is 14.5. The summed E-state index contributed by atoms with van der Waals surface area (Å²) in [5, 5.41) is 9.05. The van der Waals surface area contributed by atoms with Crippen molar-refractivity contribution in [1.82, 2.24) is 29.3 Å². The lowest BCUT2D eigenvalue weighted by Gasteiger charge is -2.34. The molecule has 1 aliphatic rings. The van der Waals surface area contributed by atoms with Gasteiger partial charge in [0.05, 0.1) is 5.69 Å². The average Bonchev–Trinajstić information content (AvgIpc) is 3.40. The number of anilines is 1. The first-order chi connectivity index (χ1) is 14.2. The van der Waals surface area contributed by atoms with E-state index in [1.165, 1.54) is 0 Å². The highest BCUT2D eigenvalue weighted by Gasteiger charge is 2.25. The fraction of sp³-hybridized carbons (Fsp3) is 0.238. The standard InChI is InChI=1S/C21H21N7O/c1-25-18(16-5-3-2-4-6-16)15-17(23-25)21(29)27-13-11-26(12-14-27)20-8-7-19-22-9-10-28(19)24-20/h2-10,15H,11-14H2,1H3. The van der Waals surface area contributed by atoms with Crippen LogP contribution in [0.25, 0.3) is 16.9 Å². The highest BCUT2D eigenvalue weighted by atomic mass is 16.2. The molecule has 1 amide bonds. The fourth-order valence-electron chi connectivity index (χ4n) is 3.73. The van der Waals surface area contributed by atoms with Gasteiger partial charge in [-0.15, -0.1) is 5.10 Å². The lowest BCUT2D eigenvalue weighted by Crippen LogP contribution is -2.49. The zero-order valence-electron chi connectivity index (χ0n) is 16.1. The first kappa shape index (κ1) is 17.4. The van der Waals surface area contributed by atoms with E-state index in [9.17, 15) is 4.79 Å². The van der Waals surface area contributed by atoms with Crippen LogP contribution in [0, 0.1) is 0 Å². The largest absolute Gasteiger partial charge is 0.352 e. The van der Waals surface area contributed by atoms with Gasteiger partial charge in [-0.1, -0.05) is 30.3 Å². The molecule has 0 aliphatic carbocycles. The third kappa shape index (κ3) is 3.22. The molecule has 4 heterocycles. The van der Waals surface area contributed by atoms with E-state index in [0.29, 0.717) is 18.8 Å². The number of aryl methyl sites for hydroxylation is 1. The summed E-state index contributed by atoms with van der Waals surface area (Å²) >= 11 is 0. The molecule has 3 aromatic heterocycles. The van der Waals surface area contributed by atoms with Crippen molar-refractivity contribution >= 4 is 17.4 Å². The molecular formula is C21H21N7O. The molecule has 5 rings (SSSR count). The Balaban J connectivity index is 1.29. The third-order valence-electron chi connectivity index (χ3n) is 5.30. The molecule has 0 radical (unpaired) electrons. The van der Waals surface area contributed by atoms with E-state index in [1.807, 2.05) is 66.7 Å². The van der Waals surface area contributed by atoms with E-state index in [4.69, 9.17) is 0 Å².